The molecule has 1 aromatic rings. The van der Waals surface area contributed by atoms with Crippen molar-refractivity contribution in [2.45, 2.75) is 25.3 Å². The molecule has 5 N–H and O–H groups in total. The third kappa shape index (κ3) is 5.39. The van der Waals surface area contributed by atoms with Crippen molar-refractivity contribution in [3.05, 3.63) is 29.8 Å². The van der Waals surface area contributed by atoms with Gasteiger partial charge in [0.15, 0.2) is 0 Å². The molecule has 0 fully saturated rings. The Morgan fingerprint density at radius 3 is 2.68 bits per heavy atom. The Morgan fingerprint density at radius 1 is 1.37 bits per heavy atom. The minimum Gasteiger partial charge on any atom is -0.480 e. The Kier molecular flexibility index (Phi) is 5.81. The Labute approximate surface area is 111 Å². The summed E-state index contributed by atoms with van der Waals surface area (Å²) in [5.41, 5.74) is 7.17. The Bertz CT molecular complexity index is 448. The van der Waals surface area contributed by atoms with Gasteiger partial charge in [0.05, 0.1) is 0 Å². The van der Waals surface area contributed by atoms with Crippen LogP contribution in [0.25, 0.3) is 0 Å². The van der Waals surface area contributed by atoms with Crippen molar-refractivity contribution >= 4 is 17.6 Å². The summed E-state index contributed by atoms with van der Waals surface area (Å²) in [7, 11) is 0. The zero-order valence-corrected chi connectivity index (χ0v) is 10.5. The number of nitrogens with one attached hydrogen (secondary N) is 1. The number of carbonyl (C=O) groups is 2. The number of benzene rings is 1. The number of nitrogen functional groups attached to an aromatic ring is 1. The molecule has 1 amide bonds. The zero-order chi connectivity index (χ0) is 14.3. The number of anilines is 1. The lowest BCUT2D eigenvalue weighted by molar-refractivity contribution is -0.142. The summed E-state index contributed by atoms with van der Waals surface area (Å²) in [6, 6.07) is 6.14. The van der Waals surface area contributed by atoms with Gasteiger partial charge in [0.2, 0.25) is 5.91 Å². The van der Waals surface area contributed by atoms with Crippen LogP contribution in [0.15, 0.2) is 24.3 Å². The van der Waals surface area contributed by atoms with Crippen LogP contribution < -0.4 is 11.1 Å². The smallest absolute Gasteiger partial charge is 0.326 e. The monoisotopic (exact) mass is 266 g/mol. The summed E-state index contributed by atoms with van der Waals surface area (Å²) in [5, 5.41) is 19.9. The van der Waals surface area contributed by atoms with Crippen molar-refractivity contribution in [3.8, 4) is 0 Å². The Morgan fingerprint density at radius 2 is 2.11 bits per heavy atom. The van der Waals surface area contributed by atoms with Gasteiger partial charge in [0.25, 0.3) is 0 Å². The van der Waals surface area contributed by atoms with E-state index in [2.05, 4.69) is 5.32 Å². The summed E-state index contributed by atoms with van der Waals surface area (Å²) < 4.78 is 0. The summed E-state index contributed by atoms with van der Waals surface area (Å²) in [4.78, 5) is 22.4. The fourth-order valence-electron chi connectivity index (χ4n) is 1.66. The molecule has 6 nitrogen and oxygen atoms in total. The number of carboxylic acid groups (broad SMARTS) is 1. The zero-order valence-electron chi connectivity index (χ0n) is 10.5. The second-order valence-corrected chi connectivity index (χ2v) is 4.22. The van der Waals surface area contributed by atoms with Crippen LogP contribution in [0.2, 0.25) is 0 Å². The maximum Gasteiger partial charge on any atom is 0.326 e. The quantitative estimate of drug-likeness (QED) is 0.525. The molecular weight excluding hydrogens is 248 g/mol. The van der Waals surface area contributed by atoms with Gasteiger partial charge in [-0.2, -0.15) is 0 Å². The number of aliphatic carboxylic acids is 1. The molecule has 0 aliphatic heterocycles. The predicted molar refractivity (Wildman–Crippen MR) is 70.4 cm³/mol. The molecule has 104 valence electrons. The molecule has 0 aliphatic carbocycles. The molecule has 19 heavy (non-hydrogen) atoms. The topological polar surface area (TPSA) is 113 Å². The molecule has 0 bridgehead atoms. The molecule has 0 aliphatic rings. The van der Waals surface area contributed by atoms with Crippen LogP contribution in [-0.2, 0) is 16.0 Å². The van der Waals surface area contributed by atoms with E-state index in [1.54, 1.807) is 18.2 Å². The molecule has 0 radical (unpaired) electrons. The highest BCUT2D eigenvalue weighted by molar-refractivity contribution is 5.83. The van der Waals surface area contributed by atoms with E-state index >= 15 is 0 Å². The molecular formula is C13H18N2O4. The number of aliphatic hydroxyl groups is 1. The van der Waals surface area contributed by atoms with Gasteiger partial charge in [-0.1, -0.05) is 12.1 Å². The molecule has 1 rings (SSSR count). The lowest BCUT2D eigenvalue weighted by atomic mass is 10.1. The molecule has 1 unspecified atom stereocenters. The summed E-state index contributed by atoms with van der Waals surface area (Å²) in [6.45, 7) is -0.285. The van der Waals surface area contributed by atoms with Crippen molar-refractivity contribution in [1.29, 1.82) is 0 Å². The van der Waals surface area contributed by atoms with E-state index in [-0.39, 0.29) is 25.4 Å². The molecule has 0 heterocycles. The lowest BCUT2D eigenvalue weighted by Crippen LogP contribution is -2.41. The minimum absolute atomic E-state index is 0.000636. The minimum atomic E-state index is -1.15. The van der Waals surface area contributed by atoms with Crippen LogP contribution in [0.4, 0.5) is 5.69 Å². The maximum absolute atomic E-state index is 11.6. The van der Waals surface area contributed by atoms with Crippen LogP contribution in [0.5, 0.6) is 0 Å². The van der Waals surface area contributed by atoms with E-state index in [0.29, 0.717) is 12.1 Å². The van der Waals surface area contributed by atoms with E-state index in [0.717, 1.165) is 5.56 Å². The van der Waals surface area contributed by atoms with Gasteiger partial charge < -0.3 is 21.3 Å². The Balaban J connectivity index is 2.44. The first-order valence-corrected chi connectivity index (χ1v) is 6.00. The van der Waals surface area contributed by atoms with Gasteiger partial charge in [-0.15, -0.1) is 0 Å². The summed E-state index contributed by atoms with van der Waals surface area (Å²) in [6.07, 6.45) is 0.667. The van der Waals surface area contributed by atoms with Gasteiger partial charge in [-0.05, 0) is 24.1 Å². The molecule has 0 saturated heterocycles. The molecule has 6 heteroatoms. The first kappa shape index (κ1) is 15.0. The number of hydrogen-bond donors (Lipinski definition) is 4. The number of nitrogens with two attached hydrogens (primary N) is 1. The number of rotatable bonds is 7. The number of aliphatic hydroxyl groups excluding tert-OH is 1. The van der Waals surface area contributed by atoms with Crippen molar-refractivity contribution in [3.63, 3.8) is 0 Å². The molecule has 1 atom stereocenters. The van der Waals surface area contributed by atoms with E-state index < -0.39 is 12.0 Å². The van der Waals surface area contributed by atoms with Crippen LogP contribution in [-0.4, -0.2) is 34.7 Å². The highest BCUT2D eigenvalue weighted by Gasteiger charge is 2.18. The molecule has 0 spiro atoms. The van der Waals surface area contributed by atoms with E-state index in [4.69, 9.17) is 15.9 Å². The first-order valence-electron chi connectivity index (χ1n) is 6.00. The number of hydrogen-bond acceptors (Lipinski definition) is 4. The fraction of sp³-hybridized carbons (Fsp3) is 0.385. The second kappa shape index (κ2) is 7.38. The van der Waals surface area contributed by atoms with Crippen molar-refractivity contribution < 1.29 is 19.8 Å². The number of carbonyl (C=O) groups excluding carboxylic acids is 1. The third-order valence-corrected chi connectivity index (χ3v) is 2.64. The first-order chi connectivity index (χ1) is 9.02. The number of amides is 1. The fourth-order valence-corrected chi connectivity index (χ4v) is 1.66. The average Bonchev–Trinajstić information content (AvgIpc) is 2.36. The van der Waals surface area contributed by atoms with Crippen LogP contribution in [0.1, 0.15) is 18.4 Å². The maximum atomic E-state index is 11.6. The van der Waals surface area contributed by atoms with Gasteiger partial charge >= 0.3 is 5.97 Å². The normalized spacial score (nSPS) is 11.8. The van der Waals surface area contributed by atoms with E-state index in [1.165, 1.54) is 0 Å². The predicted octanol–water partition coefficient (Wildman–Crippen LogP) is 0.153. The van der Waals surface area contributed by atoms with Crippen LogP contribution in [0.3, 0.4) is 0 Å². The highest BCUT2D eigenvalue weighted by atomic mass is 16.4. The Hall–Kier alpha value is -2.08. The molecule has 0 aromatic heterocycles. The lowest BCUT2D eigenvalue weighted by Gasteiger charge is -2.13. The standard InChI is InChI=1S/C13H18N2O4/c14-10-3-1-2-9(8-10)4-5-12(17)15-11(6-7-16)13(18)19/h1-3,8,11,16H,4-7,14H2,(H,15,17)(H,18,19). The van der Waals surface area contributed by atoms with E-state index in [9.17, 15) is 9.59 Å². The number of carboxylic acids is 1. The van der Waals surface area contributed by atoms with Crippen molar-refractivity contribution in [2.75, 3.05) is 12.3 Å². The van der Waals surface area contributed by atoms with Gasteiger partial charge in [-0.3, -0.25) is 4.79 Å². The summed E-state index contributed by atoms with van der Waals surface area (Å²) in [5.74, 6) is -1.50. The molecule has 0 saturated carbocycles. The van der Waals surface area contributed by atoms with Crippen molar-refractivity contribution in [2.24, 2.45) is 0 Å². The summed E-state index contributed by atoms with van der Waals surface area (Å²) >= 11 is 0. The van der Waals surface area contributed by atoms with Gasteiger partial charge in [-0.25, -0.2) is 4.79 Å². The molecule has 1 aromatic carbocycles. The highest BCUT2D eigenvalue weighted by Crippen LogP contribution is 2.08. The van der Waals surface area contributed by atoms with Crippen LogP contribution >= 0.6 is 0 Å². The largest absolute Gasteiger partial charge is 0.480 e. The van der Waals surface area contributed by atoms with Gasteiger partial charge in [0, 0.05) is 25.1 Å². The SMILES string of the molecule is Nc1cccc(CCC(=O)NC(CCO)C(=O)O)c1. The van der Waals surface area contributed by atoms with Gasteiger partial charge in [0.1, 0.15) is 6.04 Å². The van der Waals surface area contributed by atoms with Crippen LogP contribution in [0, 0.1) is 0 Å². The van der Waals surface area contributed by atoms with E-state index in [1.807, 2.05) is 6.07 Å². The third-order valence-electron chi connectivity index (χ3n) is 2.64. The van der Waals surface area contributed by atoms with Crippen molar-refractivity contribution in [1.82, 2.24) is 5.32 Å². The number of aryl methyl sites for hydroxylation is 1. The second-order valence-electron chi connectivity index (χ2n) is 4.22. The average molecular weight is 266 g/mol.